The van der Waals surface area contributed by atoms with Crippen LogP contribution in [0.4, 0.5) is 16.2 Å². The fourth-order valence-corrected chi connectivity index (χ4v) is 3.24. The molecule has 2 aromatic rings. The van der Waals surface area contributed by atoms with Crippen molar-refractivity contribution in [2.45, 2.75) is 33.7 Å². The Morgan fingerprint density at radius 1 is 1.24 bits per heavy atom. The molecule has 0 aliphatic rings. The van der Waals surface area contributed by atoms with E-state index in [1.54, 1.807) is 31.2 Å². The first kappa shape index (κ1) is 26.6. The van der Waals surface area contributed by atoms with Gasteiger partial charge in [0.2, 0.25) is 0 Å². The fraction of sp³-hybridized carbons (Fsp3) is 0.320. The lowest BCUT2D eigenvalue weighted by molar-refractivity contribution is -0.141. The normalized spacial score (nSPS) is 10.2. The number of halogens is 1. The zero-order valence-corrected chi connectivity index (χ0v) is 20.5. The average Bonchev–Trinajstić information content (AvgIpc) is 2.77. The van der Waals surface area contributed by atoms with Crippen LogP contribution in [0.1, 0.15) is 37.5 Å². The molecule has 0 aliphatic heterocycles. The molecule has 0 unspecified atom stereocenters. The highest BCUT2D eigenvalue weighted by Crippen LogP contribution is 2.28. The van der Waals surface area contributed by atoms with Gasteiger partial charge in [-0.1, -0.05) is 23.4 Å². The Kier molecular flexibility index (Phi) is 9.77. The van der Waals surface area contributed by atoms with Gasteiger partial charge in [-0.15, -0.1) is 0 Å². The molecular formula is C25H30ClN5O3. The third-order valence-corrected chi connectivity index (χ3v) is 4.94. The number of urea groups is 1. The van der Waals surface area contributed by atoms with Crippen LogP contribution in [0.25, 0.3) is 0 Å². The third kappa shape index (κ3) is 7.71. The molecule has 2 amide bonds. The molecule has 0 spiro atoms. The Morgan fingerprint density at radius 2 is 1.91 bits per heavy atom. The van der Waals surface area contributed by atoms with Gasteiger partial charge in [-0.2, -0.15) is 0 Å². The molecular weight excluding hydrogens is 454 g/mol. The van der Waals surface area contributed by atoms with Crippen LogP contribution in [-0.4, -0.2) is 43.6 Å². The van der Waals surface area contributed by atoms with Crippen molar-refractivity contribution in [1.29, 1.82) is 5.41 Å². The SMILES string of the molecule is CCOC(=O)CN(C(=O)NC(C)C)c1cc(Cl)c(C#CCNc2ccc(C(=N)N)cc2)cc1C. The molecule has 5 N–H and O–H groups in total. The lowest BCUT2D eigenvalue weighted by Crippen LogP contribution is -2.46. The van der Waals surface area contributed by atoms with Crippen LogP contribution < -0.4 is 21.3 Å². The Balaban J connectivity index is 2.18. The van der Waals surface area contributed by atoms with Gasteiger partial charge in [-0.05, 0) is 69.7 Å². The van der Waals surface area contributed by atoms with E-state index in [9.17, 15) is 9.59 Å². The number of nitrogens with one attached hydrogen (secondary N) is 3. The summed E-state index contributed by atoms with van der Waals surface area (Å²) in [5.74, 6) is 5.56. The van der Waals surface area contributed by atoms with Gasteiger partial charge in [0.05, 0.1) is 23.9 Å². The molecule has 0 heterocycles. The summed E-state index contributed by atoms with van der Waals surface area (Å²) in [7, 11) is 0. The number of amides is 2. The third-order valence-electron chi connectivity index (χ3n) is 4.63. The number of anilines is 2. The summed E-state index contributed by atoms with van der Waals surface area (Å²) in [6.07, 6.45) is 0. The number of carbonyl (C=O) groups is 2. The summed E-state index contributed by atoms with van der Waals surface area (Å²) in [5.41, 5.74) is 8.81. The molecule has 0 aromatic heterocycles. The van der Waals surface area contributed by atoms with Crippen LogP contribution in [0, 0.1) is 24.2 Å². The number of amidine groups is 1. The molecule has 0 radical (unpaired) electrons. The minimum atomic E-state index is -0.511. The number of esters is 1. The number of rotatable bonds is 8. The van der Waals surface area contributed by atoms with Crippen LogP contribution in [0.2, 0.25) is 5.02 Å². The predicted octanol–water partition coefficient (Wildman–Crippen LogP) is 3.88. The standard InChI is InChI=1S/C25H30ClN5O3/c1-5-34-23(32)15-31(25(33)30-16(2)3)22-14-21(26)19(13-17(22)4)7-6-12-29-20-10-8-18(9-11-20)24(27)28/h8-11,13-14,16,29H,5,12,15H2,1-4H3,(H3,27,28)(H,30,33). The first-order valence-electron chi connectivity index (χ1n) is 10.8. The van der Waals surface area contributed by atoms with Crippen molar-refractivity contribution in [1.82, 2.24) is 5.32 Å². The van der Waals surface area contributed by atoms with Gasteiger partial charge >= 0.3 is 12.0 Å². The average molecular weight is 484 g/mol. The van der Waals surface area contributed by atoms with Crippen LogP contribution >= 0.6 is 11.6 Å². The van der Waals surface area contributed by atoms with E-state index in [0.717, 1.165) is 11.3 Å². The second-order valence-corrected chi connectivity index (χ2v) is 8.17. The molecule has 0 saturated carbocycles. The van der Waals surface area contributed by atoms with Crippen molar-refractivity contribution in [3.8, 4) is 11.8 Å². The summed E-state index contributed by atoms with van der Waals surface area (Å²) in [6.45, 7) is 7.58. The number of ether oxygens (including phenoxy) is 1. The summed E-state index contributed by atoms with van der Waals surface area (Å²) in [4.78, 5) is 26.2. The number of hydrogen-bond acceptors (Lipinski definition) is 5. The topological polar surface area (TPSA) is 121 Å². The van der Waals surface area contributed by atoms with Crippen LogP contribution in [0.15, 0.2) is 36.4 Å². The zero-order chi connectivity index (χ0) is 25.3. The lowest BCUT2D eigenvalue weighted by atomic mass is 10.1. The molecule has 9 heteroatoms. The molecule has 2 rings (SSSR count). The number of carbonyl (C=O) groups excluding carboxylic acids is 2. The highest BCUT2D eigenvalue weighted by molar-refractivity contribution is 6.32. The molecule has 0 aliphatic carbocycles. The minimum absolute atomic E-state index is 0.0160. The maximum atomic E-state index is 12.8. The van der Waals surface area contributed by atoms with Gasteiger partial charge in [0, 0.05) is 22.9 Å². The predicted molar refractivity (Wildman–Crippen MR) is 137 cm³/mol. The highest BCUT2D eigenvalue weighted by Gasteiger charge is 2.23. The van der Waals surface area contributed by atoms with Crippen LogP contribution in [0.3, 0.4) is 0 Å². The maximum absolute atomic E-state index is 12.8. The van der Waals surface area contributed by atoms with E-state index < -0.39 is 12.0 Å². The first-order chi connectivity index (χ1) is 16.1. The molecule has 0 atom stereocenters. The quantitative estimate of drug-likeness (QED) is 0.196. The molecule has 180 valence electrons. The smallest absolute Gasteiger partial charge is 0.326 e. The summed E-state index contributed by atoms with van der Waals surface area (Å²) in [6, 6.07) is 10.1. The fourth-order valence-electron chi connectivity index (χ4n) is 3.04. The number of nitrogens with two attached hydrogens (primary N) is 1. The van der Waals surface area contributed by atoms with Crippen molar-refractivity contribution in [2.75, 3.05) is 29.9 Å². The molecule has 0 saturated heterocycles. The summed E-state index contributed by atoms with van der Waals surface area (Å²) >= 11 is 6.47. The van der Waals surface area contributed by atoms with Gasteiger partial charge in [0.15, 0.2) is 0 Å². The van der Waals surface area contributed by atoms with E-state index in [1.807, 2.05) is 32.9 Å². The van der Waals surface area contributed by atoms with Crippen molar-refractivity contribution < 1.29 is 14.3 Å². The van der Waals surface area contributed by atoms with Gasteiger partial charge in [0.25, 0.3) is 0 Å². The minimum Gasteiger partial charge on any atom is -0.465 e. The number of nitrogen functional groups attached to an aromatic ring is 1. The number of aryl methyl sites for hydroxylation is 1. The van der Waals surface area contributed by atoms with Crippen LogP contribution in [-0.2, 0) is 9.53 Å². The highest BCUT2D eigenvalue weighted by atomic mass is 35.5. The number of hydrogen-bond donors (Lipinski definition) is 4. The second kappa shape index (κ2) is 12.5. The number of benzene rings is 2. The number of nitrogens with zero attached hydrogens (tertiary/aromatic N) is 1. The molecule has 34 heavy (non-hydrogen) atoms. The van der Waals surface area contributed by atoms with E-state index in [0.29, 0.717) is 28.4 Å². The van der Waals surface area contributed by atoms with Crippen molar-refractivity contribution in [3.05, 3.63) is 58.1 Å². The van der Waals surface area contributed by atoms with Crippen LogP contribution in [0.5, 0.6) is 0 Å². The molecule has 0 fully saturated rings. The maximum Gasteiger partial charge on any atom is 0.326 e. The zero-order valence-electron chi connectivity index (χ0n) is 19.8. The molecule has 2 aromatic carbocycles. The van der Waals surface area contributed by atoms with Gasteiger partial charge in [-0.3, -0.25) is 15.1 Å². The van der Waals surface area contributed by atoms with E-state index in [4.69, 9.17) is 27.5 Å². The summed E-state index contributed by atoms with van der Waals surface area (Å²) < 4.78 is 5.02. The Labute approximate surface area is 205 Å². The van der Waals surface area contributed by atoms with Crippen molar-refractivity contribution in [3.63, 3.8) is 0 Å². The van der Waals surface area contributed by atoms with Gasteiger partial charge in [0.1, 0.15) is 12.4 Å². The van der Waals surface area contributed by atoms with Gasteiger partial charge in [-0.25, -0.2) is 4.79 Å². The van der Waals surface area contributed by atoms with Gasteiger partial charge < -0.3 is 21.1 Å². The lowest BCUT2D eigenvalue weighted by Gasteiger charge is -2.25. The molecule has 0 bridgehead atoms. The van der Waals surface area contributed by atoms with Crippen molar-refractivity contribution >= 4 is 40.8 Å². The Hall–Kier alpha value is -3.70. The van der Waals surface area contributed by atoms with E-state index in [-0.39, 0.29) is 25.0 Å². The largest absolute Gasteiger partial charge is 0.465 e. The van der Waals surface area contributed by atoms with E-state index in [1.165, 1.54) is 4.90 Å². The molecule has 8 nitrogen and oxygen atoms in total. The Morgan fingerprint density at radius 3 is 2.50 bits per heavy atom. The van der Waals surface area contributed by atoms with E-state index >= 15 is 0 Å². The Bertz CT molecular complexity index is 1100. The second-order valence-electron chi connectivity index (χ2n) is 7.76. The monoisotopic (exact) mass is 483 g/mol. The van der Waals surface area contributed by atoms with E-state index in [2.05, 4.69) is 22.5 Å². The first-order valence-corrected chi connectivity index (χ1v) is 11.2. The summed E-state index contributed by atoms with van der Waals surface area (Å²) in [5, 5.41) is 13.8. The van der Waals surface area contributed by atoms with Crippen molar-refractivity contribution in [2.24, 2.45) is 5.73 Å².